The van der Waals surface area contributed by atoms with Crippen molar-refractivity contribution in [3.8, 4) is 0 Å². The number of rotatable bonds is 4. The van der Waals surface area contributed by atoms with E-state index in [1.165, 1.54) is 6.07 Å². The van der Waals surface area contributed by atoms with Crippen LogP contribution in [0.1, 0.15) is 18.1 Å². The maximum atomic E-state index is 12.5. The summed E-state index contributed by atoms with van der Waals surface area (Å²) in [5.41, 5.74) is 4.92. The largest absolute Gasteiger partial charge is 0.416 e. The first-order chi connectivity index (χ1) is 8.21. The number of hydrogen-bond acceptors (Lipinski definition) is 2. The highest BCUT2D eigenvalue weighted by atomic mass is 19.4. The Morgan fingerprint density at radius 1 is 1.44 bits per heavy atom. The van der Waals surface area contributed by atoms with E-state index in [1.54, 1.807) is 24.9 Å². The summed E-state index contributed by atoms with van der Waals surface area (Å²) >= 11 is 0. The van der Waals surface area contributed by atoms with E-state index in [9.17, 15) is 18.0 Å². The summed E-state index contributed by atoms with van der Waals surface area (Å²) in [5.74, 6) is -0.510. The van der Waals surface area contributed by atoms with Crippen LogP contribution in [-0.4, -0.2) is 23.9 Å². The summed E-state index contributed by atoms with van der Waals surface area (Å²) in [6.45, 7) is 1.84. The van der Waals surface area contributed by atoms with Crippen molar-refractivity contribution in [2.75, 3.05) is 7.05 Å². The second-order valence-corrected chi connectivity index (χ2v) is 4.19. The Balaban J connectivity index is 2.83. The Bertz CT molecular complexity index is 432. The maximum Gasteiger partial charge on any atom is 0.416 e. The van der Waals surface area contributed by atoms with Crippen LogP contribution in [-0.2, 0) is 17.5 Å². The standard InChI is InChI=1S/C12H15F3N2O/c1-8(11(16)18)17(2)7-9-4-3-5-10(6-9)12(13,14)15/h3-6,8H,7H2,1-2H3,(H2,16,18)/t8-/m1/s1. The average Bonchev–Trinajstić information content (AvgIpc) is 2.27. The molecule has 100 valence electrons. The Morgan fingerprint density at radius 2 is 2.06 bits per heavy atom. The lowest BCUT2D eigenvalue weighted by molar-refractivity contribution is -0.137. The van der Waals surface area contributed by atoms with E-state index < -0.39 is 23.7 Å². The molecule has 0 aliphatic rings. The fourth-order valence-corrected chi connectivity index (χ4v) is 1.49. The maximum absolute atomic E-state index is 12.5. The number of nitrogens with two attached hydrogens (primary N) is 1. The van der Waals surface area contributed by atoms with Gasteiger partial charge < -0.3 is 5.73 Å². The summed E-state index contributed by atoms with van der Waals surface area (Å²) < 4.78 is 37.5. The minimum absolute atomic E-state index is 0.230. The minimum Gasteiger partial charge on any atom is -0.368 e. The molecule has 0 fully saturated rings. The van der Waals surface area contributed by atoms with E-state index in [0.29, 0.717) is 5.56 Å². The number of alkyl halides is 3. The lowest BCUT2D eigenvalue weighted by atomic mass is 10.1. The fourth-order valence-electron chi connectivity index (χ4n) is 1.49. The summed E-state index contributed by atoms with van der Waals surface area (Å²) in [6.07, 6.45) is -4.36. The van der Waals surface area contributed by atoms with Gasteiger partial charge in [0, 0.05) is 6.54 Å². The van der Waals surface area contributed by atoms with Gasteiger partial charge in [0.1, 0.15) is 0 Å². The zero-order valence-corrected chi connectivity index (χ0v) is 10.2. The number of amides is 1. The second kappa shape index (κ2) is 5.39. The van der Waals surface area contributed by atoms with Gasteiger partial charge in [-0.1, -0.05) is 18.2 Å². The second-order valence-electron chi connectivity index (χ2n) is 4.19. The number of carbonyl (C=O) groups excluding carboxylic acids is 1. The highest BCUT2D eigenvalue weighted by Crippen LogP contribution is 2.29. The number of primary amides is 1. The van der Waals surface area contributed by atoms with Gasteiger partial charge >= 0.3 is 6.18 Å². The predicted molar refractivity (Wildman–Crippen MR) is 61.6 cm³/mol. The van der Waals surface area contributed by atoms with E-state index in [4.69, 9.17) is 5.73 Å². The van der Waals surface area contributed by atoms with Crippen molar-refractivity contribution >= 4 is 5.91 Å². The van der Waals surface area contributed by atoms with Gasteiger partial charge in [-0.2, -0.15) is 13.2 Å². The summed E-state index contributed by atoms with van der Waals surface area (Å²) in [4.78, 5) is 12.6. The molecule has 2 N–H and O–H groups in total. The molecule has 0 unspecified atom stereocenters. The van der Waals surface area contributed by atoms with Gasteiger partial charge in [0.2, 0.25) is 5.91 Å². The lowest BCUT2D eigenvalue weighted by Crippen LogP contribution is -2.39. The van der Waals surface area contributed by atoms with Gasteiger partial charge in [-0.3, -0.25) is 9.69 Å². The molecule has 1 aromatic carbocycles. The fraction of sp³-hybridized carbons (Fsp3) is 0.417. The van der Waals surface area contributed by atoms with Gasteiger partial charge in [0.15, 0.2) is 0 Å². The molecule has 0 heterocycles. The third-order valence-corrected chi connectivity index (χ3v) is 2.76. The van der Waals surface area contributed by atoms with Gasteiger partial charge in [-0.25, -0.2) is 0 Å². The predicted octanol–water partition coefficient (Wildman–Crippen LogP) is 2.01. The van der Waals surface area contributed by atoms with Crippen LogP contribution in [0.15, 0.2) is 24.3 Å². The number of carbonyl (C=O) groups is 1. The van der Waals surface area contributed by atoms with E-state index in [-0.39, 0.29) is 6.54 Å². The topological polar surface area (TPSA) is 46.3 Å². The molecule has 0 aliphatic heterocycles. The number of hydrogen-bond donors (Lipinski definition) is 1. The number of likely N-dealkylation sites (N-methyl/N-ethyl adjacent to an activating group) is 1. The molecule has 0 aromatic heterocycles. The summed E-state index contributed by atoms with van der Waals surface area (Å²) in [7, 11) is 1.63. The highest BCUT2D eigenvalue weighted by Gasteiger charge is 2.30. The zero-order chi connectivity index (χ0) is 13.9. The van der Waals surface area contributed by atoms with E-state index in [2.05, 4.69) is 0 Å². The van der Waals surface area contributed by atoms with E-state index in [0.717, 1.165) is 12.1 Å². The monoisotopic (exact) mass is 260 g/mol. The molecule has 0 spiro atoms. The van der Waals surface area contributed by atoms with Crippen LogP contribution in [0.25, 0.3) is 0 Å². The molecule has 18 heavy (non-hydrogen) atoms. The first kappa shape index (κ1) is 14.5. The Hall–Kier alpha value is -1.56. The molecule has 0 saturated heterocycles. The van der Waals surface area contributed by atoms with Crippen LogP contribution < -0.4 is 5.73 Å². The highest BCUT2D eigenvalue weighted by molar-refractivity contribution is 5.79. The summed E-state index contributed by atoms with van der Waals surface area (Å²) in [5, 5.41) is 0. The van der Waals surface area contributed by atoms with Crippen LogP contribution in [0, 0.1) is 0 Å². The molecule has 1 rings (SSSR count). The quantitative estimate of drug-likeness (QED) is 0.900. The van der Waals surface area contributed by atoms with Crippen LogP contribution in [0.2, 0.25) is 0 Å². The minimum atomic E-state index is -4.36. The van der Waals surface area contributed by atoms with Crippen LogP contribution in [0.4, 0.5) is 13.2 Å². The molecule has 1 atom stereocenters. The lowest BCUT2D eigenvalue weighted by Gasteiger charge is -2.22. The van der Waals surface area contributed by atoms with E-state index >= 15 is 0 Å². The zero-order valence-electron chi connectivity index (χ0n) is 10.2. The third kappa shape index (κ3) is 3.73. The molecular formula is C12H15F3N2O. The van der Waals surface area contributed by atoms with Crippen molar-refractivity contribution in [1.82, 2.24) is 4.90 Å². The number of benzene rings is 1. The van der Waals surface area contributed by atoms with Gasteiger partial charge in [-0.15, -0.1) is 0 Å². The van der Waals surface area contributed by atoms with Crippen LogP contribution >= 0.6 is 0 Å². The van der Waals surface area contributed by atoms with Crippen molar-refractivity contribution < 1.29 is 18.0 Å². The molecule has 0 saturated carbocycles. The molecule has 1 amide bonds. The van der Waals surface area contributed by atoms with Crippen LogP contribution in [0.5, 0.6) is 0 Å². The van der Waals surface area contributed by atoms with Gasteiger partial charge in [0.05, 0.1) is 11.6 Å². The van der Waals surface area contributed by atoms with Gasteiger partial charge in [-0.05, 0) is 25.6 Å². The van der Waals surface area contributed by atoms with Crippen LogP contribution in [0.3, 0.4) is 0 Å². The average molecular weight is 260 g/mol. The molecule has 0 bridgehead atoms. The summed E-state index contributed by atoms with van der Waals surface area (Å²) in [6, 6.07) is 4.49. The third-order valence-electron chi connectivity index (χ3n) is 2.76. The molecule has 6 heteroatoms. The first-order valence-corrected chi connectivity index (χ1v) is 5.37. The van der Waals surface area contributed by atoms with Crippen molar-refractivity contribution in [1.29, 1.82) is 0 Å². The molecule has 3 nitrogen and oxygen atoms in total. The molecule has 1 aromatic rings. The SMILES string of the molecule is C[C@H](C(N)=O)N(C)Cc1cccc(C(F)(F)F)c1. The smallest absolute Gasteiger partial charge is 0.368 e. The Morgan fingerprint density at radius 3 is 2.56 bits per heavy atom. The Kier molecular flexibility index (Phi) is 4.34. The molecule has 0 aliphatic carbocycles. The van der Waals surface area contributed by atoms with Gasteiger partial charge in [0.25, 0.3) is 0 Å². The number of nitrogens with zero attached hydrogens (tertiary/aromatic N) is 1. The van der Waals surface area contributed by atoms with Crippen molar-refractivity contribution in [2.45, 2.75) is 25.7 Å². The normalized spacial score (nSPS) is 13.7. The molecule has 0 radical (unpaired) electrons. The Labute approximate surface area is 103 Å². The van der Waals surface area contributed by atoms with E-state index in [1.807, 2.05) is 0 Å². The number of halogens is 3. The van der Waals surface area contributed by atoms with Crippen molar-refractivity contribution in [3.05, 3.63) is 35.4 Å². The van der Waals surface area contributed by atoms with Crippen molar-refractivity contribution in [2.24, 2.45) is 5.73 Å². The first-order valence-electron chi connectivity index (χ1n) is 5.37. The van der Waals surface area contributed by atoms with Crippen molar-refractivity contribution in [3.63, 3.8) is 0 Å². The molecular weight excluding hydrogens is 245 g/mol.